The van der Waals surface area contributed by atoms with Gasteiger partial charge in [-0.25, -0.2) is 0 Å². The van der Waals surface area contributed by atoms with Crippen LogP contribution in [-0.4, -0.2) is 35.8 Å². The lowest BCUT2D eigenvalue weighted by atomic mass is 10.1. The predicted molar refractivity (Wildman–Crippen MR) is 110 cm³/mol. The molecule has 1 fully saturated rings. The number of halogens is 1. The van der Waals surface area contributed by atoms with Gasteiger partial charge in [-0.2, -0.15) is 0 Å². The summed E-state index contributed by atoms with van der Waals surface area (Å²) >= 11 is 6.03. The lowest BCUT2D eigenvalue weighted by molar-refractivity contribution is -0.151. The van der Waals surface area contributed by atoms with Crippen molar-refractivity contribution >= 4 is 35.1 Å². The van der Waals surface area contributed by atoms with E-state index in [9.17, 15) is 14.4 Å². The smallest absolute Gasteiger partial charge is 0.311 e. The Kier molecular flexibility index (Phi) is 6.54. The fourth-order valence-corrected chi connectivity index (χ4v) is 3.53. The van der Waals surface area contributed by atoms with Crippen molar-refractivity contribution in [2.75, 3.05) is 18.5 Å². The summed E-state index contributed by atoms with van der Waals surface area (Å²) in [7, 11) is 0. The summed E-state index contributed by atoms with van der Waals surface area (Å²) < 4.78 is 5.15. The Morgan fingerprint density at radius 1 is 1.21 bits per heavy atom. The molecular formula is C22H23ClN2O4. The number of hydrogen-bond acceptors (Lipinski definition) is 4. The van der Waals surface area contributed by atoms with E-state index in [4.69, 9.17) is 16.3 Å². The van der Waals surface area contributed by atoms with E-state index >= 15 is 0 Å². The Hall–Kier alpha value is -2.86. The third kappa shape index (κ3) is 4.95. The Labute approximate surface area is 174 Å². The Morgan fingerprint density at radius 3 is 2.66 bits per heavy atom. The minimum Gasteiger partial charge on any atom is -0.455 e. The maximum Gasteiger partial charge on any atom is 0.311 e. The molecule has 3 rings (SSSR count). The van der Waals surface area contributed by atoms with Gasteiger partial charge in [0.1, 0.15) is 0 Å². The normalized spacial score (nSPS) is 17.1. The highest BCUT2D eigenvalue weighted by Gasteiger charge is 2.38. The minimum atomic E-state index is -0.575. The van der Waals surface area contributed by atoms with E-state index in [-0.39, 0.29) is 24.9 Å². The topological polar surface area (TPSA) is 75.7 Å². The molecule has 1 N–H and O–H groups in total. The van der Waals surface area contributed by atoms with E-state index < -0.39 is 24.4 Å². The molecule has 7 heteroatoms. The predicted octanol–water partition coefficient (Wildman–Crippen LogP) is 3.74. The van der Waals surface area contributed by atoms with Crippen molar-refractivity contribution in [1.29, 1.82) is 0 Å². The molecule has 29 heavy (non-hydrogen) atoms. The molecule has 2 atom stereocenters. The first kappa shape index (κ1) is 20.9. The molecule has 2 aromatic carbocycles. The van der Waals surface area contributed by atoms with Gasteiger partial charge in [-0.05, 0) is 37.1 Å². The second-order valence-electron chi connectivity index (χ2n) is 7.10. The van der Waals surface area contributed by atoms with E-state index in [1.165, 1.54) is 0 Å². The summed E-state index contributed by atoms with van der Waals surface area (Å²) in [6.07, 6.45) is 0.0883. The molecule has 1 aliphatic heterocycles. The van der Waals surface area contributed by atoms with E-state index in [1.807, 2.05) is 37.3 Å². The summed E-state index contributed by atoms with van der Waals surface area (Å²) in [6, 6.07) is 14.7. The van der Waals surface area contributed by atoms with E-state index in [0.717, 1.165) is 11.1 Å². The summed E-state index contributed by atoms with van der Waals surface area (Å²) in [4.78, 5) is 38.5. The molecule has 0 radical (unpaired) electrons. The van der Waals surface area contributed by atoms with Crippen LogP contribution in [0, 0.1) is 12.8 Å². The van der Waals surface area contributed by atoms with Crippen LogP contribution in [0.4, 0.5) is 5.69 Å². The van der Waals surface area contributed by atoms with Crippen LogP contribution in [0.25, 0.3) is 0 Å². The van der Waals surface area contributed by atoms with Crippen LogP contribution in [0.15, 0.2) is 48.5 Å². The van der Waals surface area contributed by atoms with Gasteiger partial charge in [0, 0.05) is 23.7 Å². The zero-order chi connectivity index (χ0) is 21.0. The molecular weight excluding hydrogens is 392 g/mol. The fourth-order valence-electron chi connectivity index (χ4n) is 3.36. The SMILES string of the molecule is Cc1c(Cl)cccc1NC(=O)COC(=O)[C@@H]1CC(=O)N([C@H](C)c2ccccc2)C1. The fraction of sp³-hybridized carbons (Fsp3) is 0.318. The number of rotatable bonds is 6. The molecule has 0 aromatic heterocycles. The molecule has 2 aromatic rings. The monoisotopic (exact) mass is 414 g/mol. The van der Waals surface area contributed by atoms with Crippen molar-refractivity contribution in [2.45, 2.75) is 26.3 Å². The second-order valence-corrected chi connectivity index (χ2v) is 7.51. The molecule has 6 nitrogen and oxygen atoms in total. The van der Waals surface area contributed by atoms with Gasteiger partial charge in [0.15, 0.2) is 6.61 Å². The van der Waals surface area contributed by atoms with E-state index in [1.54, 1.807) is 30.0 Å². The van der Waals surface area contributed by atoms with Gasteiger partial charge in [0.05, 0.1) is 12.0 Å². The highest BCUT2D eigenvalue weighted by Crippen LogP contribution is 2.29. The van der Waals surface area contributed by atoms with Gasteiger partial charge < -0.3 is 15.0 Å². The third-order valence-corrected chi connectivity index (χ3v) is 5.54. The zero-order valence-corrected chi connectivity index (χ0v) is 17.1. The van der Waals surface area contributed by atoms with Crippen molar-refractivity contribution in [3.05, 3.63) is 64.7 Å². The van der Waals surface area contributed by atoms with Crippen molar-refractivity contribution in [3.8, 4) is 0 Å². The van der Waals surface area contributed by atoms with Gasteiger partial charge in [-0.15, -0.1) is 0 Å². The van der Waals surface area contributed by atoms with Crippen molar-refractivity contribution in [3.63, 3.8) is 0 Å². The highest BCUT2D eigenvalue weighted by molar-refractivity contribution is 6.31. The first-order valence-corrected chi connectivity index (χ1v) is 9.80. The zero-order valence-electron chi connectivity index (χ0n) is 16.4. The standard InChI is InChI=1S/C22H23ClN2O4/c1-14-18(23)9-6-10-19(14)24-20(26)13-29-22(28)17-11-21(27)25(12-17)15(2)16-7-4-3-5-8-16/h3-10,15,17H,11-13H2,1-2H3,(H,24,26)/t15-,17-/m1/s1. The lowest BCUT2D eigenvalue weighted by Crippen LogP contribution is -2.30. The molecule has 0 unspecified atom stereocenters. The third-order valence-electron chi connectivity index (χ3n) is 5.13. The Bertz CT molecular complexity index is 916. The minimum absolute atomic E-state index is 0.0883. The number of ether oxygens (including phenoxy) is 1. The summed E-state index contributed by atoms with van der Waals surface area (Å²) in [5.74, 6) is -1.67. The molecule has 1 aliphatic rings. The van der Waals surface area contributed by atoms with Crippen LogP contribution in [-0.2, 0) is 19.1 Å². The molecule has 2 amide bonds. The average Bonchev–Trinajstić information content (AvgIpc) is 3.11. The summed E-state index contributed by atoms with van der Waals surface area (Å²) in [5.41, 5.74) is 2.31. The number of likely N-dealkylation sites (tertiary alicyclic amines) is 1. The summed E-state index contributed by atoms with van der Waals surface area (Å²) in [6.45, 7) is 3.59. The van der Waals surface area contributed by atoms with Crippen molar-refractivity contribution in [2.24, 2.45) is 5.92 Å². The number of carbonyl (C=O) groups excluding carboxylic acids is 3. The Morgan fingerprint density at radius 2 is 1.93 bits per heavy atom. The Balaban J connectivity index is 1.53. The van der Waals surface area contributed by atoms with Crippen LogP contribution in [0.2, 0.25) is 5.02 Å². The van der Waals surface area contributed by atoms with Crippen LogP contribution < -0.4 is 5.32 Å². The van der Waals surface area contributed by atoms with Gasteiger partial charge in [0.25, 0.3) is 5.91 Å². The number of anilines is 1. The van der Waals surface area contributed by atoms with Crippen LogP contribution in [0.5, 0.6) is 0 Å². The number of hydrogen-bond donors (Lipinski definition) is 1. The first-order chi connectivity index (χ1) is 13.9. The van der Waals surface area contributed by atoms with Gasteiger partial charge >= 0.3 is 5.97 Å². The van der Waals surface area contributed by atoms with Crippen molar-refractivity contribution in [1.82, 2.24) is 4.90 Å². The lowest BCUT2D eigenvalue weighted by Gasteiger charge is -2.25. The maximum atomic E-state index is 12.4. The molecule has 1 heterocycles. The highest BCUT2D eigenvalue weighted by atomic mass is 35.5. The van der Waals surface area contributed by atoms with Crippen LogP contribution >= 0.6 is 11.6 Å². The number of amides is 2. The van der Waals surface area contributed by atoms with Crippen LogP contribution in [0.3, 0.4) is 0 Å². The molecule has 152 valence electrons. The number of carbonyl (C=O) groups is 3. The average molecular weight is 415 g/mol. The first-order valence-electron chi connectivity index (χ1n) is 9.43. The second kappa shape index (κ2) is 9.09. The molecule has 1 saturated heterocycles. The number of benzene rings is 2. The molecule has 0 spiro atoms. The largest absolute Gasteiger partial charge is 0.455 e. The van der Waals surface area contributed by atoms with E-state index in [0.29, 0.717) is 10.7 Å². The van der Waals surface area contributed by atoms with Crippen LogP contribution in [0.1, 0.15) is 30.5 Å². The quantitative estimate of drug-likeness (QED) is 0.730. The molecule has 0 aliphatic carbocycles. The number of nitrogens with one attached hydrogen (secondary N) is 1. The number of nitrogens with zero attached hydrogens (tertiary/aromatic N) is 1. The van der Waals surface area contributed by atoms with Gasteiger partial charge in [-0.3, -0.25) is 14.4 Å². The van der Waals surface area contributed by atoms with Gasteiger partial charge in [-0.1, -0.05) is 48.0 Å². The summed E-state index contributed by atoms with van der Waals surface area (Å²) in [5, 5.41) is 3.22. The molecule has 0 saturated carbocycles. The van der Waals surface area contributed by atoms with Crippen molar-refractivity contribution < 1.29 is 19.1 Å². The number of esters is 1. The maximum absolute atomic E-state index is 12.4. The molecule has 0 bridgehead atoms. The van der Waals surface area contributed by atoms with E-state index in [2.05, 4.69) is 5.32 Å². The van der Waals surface area contributed by atoms with Gasteiger partial charge in [0.2, 0.25) is 5.91 Å².